The van der Waals surface area contributed by atoms with Crippen LogP contribution in [0.25, 0.3) is 5.57 Å². The lowest BCUT2D eigenvalue weighted by Gasteiger charge is -2.20. The molecule has 0 spiro atoms. The van der Waals surface area contributed by atoms with Crippen LogP contribution < -0.4 is 0 Å². The number of hydrogen-bond acceptors (Lipinski definition) is 3. The van der Waals surface area contributed by atoms with Gasteiger partial charge in [-0.05, 0) is 18.9 Å². The van der Waals surface area contributed by atoms with E-state index in [-0.39, 0.29) is 5.76 Å². The molecule has 0 amide bonds. The Kier molecular flexibility index (Phi) is 3.42. The Bertz CT molecular complexity index is 553. The largest absolute Gasteiger partial charge is 0.489 e. The van der Waals surface area contributed by atoms with Crippen LogP contribution in [0.1, 0.15) is 29.3 Å². The molecule has 0 saturated heterocycles. The first kappa shape index (κ1) is 12.3. The maximum atomic E-state index is 12.0. The van der Waals surface area contributed by atoms with Gasteiger partial charge in [-0.1, -0.05) is 30.3 Å². The molecule has 1 aliphatic rings. The molecule has 0 aliphatic heterocycles. The minimum Gasteiger partial charge on any atom is -0.489 e. The number of fused-ring (bicyclic) bond motifs is 1. The van der Waals surface area contributed by atoms with E-state index < -0.39 is 11.6 Å². The molecule has 0 aromatic heterocycles. The molecule has 0 fully saturated rings. The highest BCUT2D eigenvalue weighted by Gasteiger charge is 2.32. The number of Topliss-reactive ketones (excluding diaryl/α,β-unsaturated/α-hetero) is 2. The molecule has 0 N–H and O–H groups in total. The molecule has 3 nitrogen and oxygen atoms in total. The third kappa shape index (κ3) is 1.88. The van der Waals surface area contributed by atoms with Crippen LogP contribution in [0.2, 0.25) is 0 Å². The second-order valence-corrected chi connectivity index (χ2v) is 3.94. The fourth-order valence-corrected chi connectivity index (χ4v) is 2.07. The first-order valence-corrected chi connectivity index (χ1v) is 5.86. The number of benzene rings is 1. The van der Waals surface area contributed by atoms with Crippen molar-refractivity contribution >= 4 is 17.1 Å². The zero-order chi connectivity index (χ0) is 13.1. The number of hydrogen-bond donors (Lipinski definition) is 0. The summed E-state index contributed by atoms with van der Waals surface area (Å²) >= 11 is 0. The third-order valence-corrected chi connectivity index (χ3v) is 2.82. The van der Waals surface area contributed by atoms with Crippen LogP contribution in [-0.4, -0.2) is 18.2 Å². The zero-order valence-electron chi connectivity index (χ0n) is 10.2. The Morgan fingerprint density at radius 1 is 1.17 bits per heavy atom. The fraction of sp³-hybridized carbons (Fsp3) is 0.200. The first-order chi connectivity index (χ1) is 8.70. The topological polar surface area (TPSA) is 43.4 Å². The van der Waals surface area contributed by atoms with Crippen molar-refractivity contribution < 1.29 is 14.3 Å². The van der Waals surface area contributed by atoms with E-state index in [1.807, 2.05) is 12.1 Å². The summed E-state index contributed by atoms with van der Waals surface area (Å²) in [7, 11) is 0. The van der Waals surface area contributed by atoms with E-state index in [2.05, 4.69) is 6.58 Å². The lowest BCUT2D eigenvalue weighted by atomic mass is 9.86. The molecule has 0 saturated carbocycles. The van der Waals surface area contributed by atoms with E-state index >= 15 is 0 Å². The Hall–Kier alpha value is -2.16. The summed E-state index contributed by atoms with van der Waals surface area (Å²) in [5.41, 5.74) is 1.96. The lowest BCUT2D eigenvalue weighted by molar-refractivity contribution is -0.114. The average molecular weight is 242 g/mol. The highest BCUT2D eigenvalue weighted by molar-refractivity contribution is 6.51. The fourth-order valence-electron chi connectivity index (χ4n) is 2.07. The lowest BCUT2D eigenvalue weighted by Crippen LogP contribution is -2.25. The van der Waals surface area contributed by atoms with Gasteiger partial charge in [-0.15, -0.1) is 6.58 Å². The summed E-state index contributed by atoms with van der Waals surface area (Å²) < 4.78 is 5.35. The van der Waals surface area contributed by atoms with E-state index in [0.29, 0.717) is 18.6 Å². The van der Waals surface area contributed by atoms with Crippen molar-refractivity contribution in [2.45, 2.75) is 13.3 Å². The van der Waals surface area contributed by atoms with Crippen molar-refractivity contribution in [1.29, 1.82) is 0 Å². The number of ether oxygens (including phenoxy) is 1. The highest BCUT2D eigenvalue weighted by atomic mass is 16.5. The standard InChI is InChI=1S/C15H14O3/c1-3-7-12-10-8-5-6-9-11(10)13(16)14(17)15(12)18-4-2/h3,5-6,8-9H,1,4,7H2,2H3. The third-order valence-electron chi connectivity index (χ3n) is 2.82. The zero-order valence-corrected chi connectivity index (χ0v) is 10.2. The van der Waals surface area contributed by atoms with Gasteiger partial charge in [-0.25, -0.2) is 0 Å². The summed E-state index contributed by atoms with van der Waals surface area (Å²) in [6, 6.07) is 7.09. The minimum absolute atomic E-state index is 0.168. The van der Waals surface area contributed by atoms with Crippen LogP contribution in [0.15, 0.2) is 42.7 Å². The van der Waals surface area contributed by atoms with E-state index in [4.69, 9.17) is 4.74 Å². The average Bonchev–Trinajstić information content (AvgIpc) is 2.40. The summed E-state index contributed by atoms with van der Waals surface area (Å²) in [6.07, 6.45) is 2.21. The van der Waals surface area contributed by atoms with Gasteiger partial charge in [0, 0.05) is 11.1 Å². The van der Waals surface area contributed by atoms with Crippen molar-refractivity contribution in [2.24, 2.45) is 0 Å². The molecule has 0 unspecified atom stereocenters. The molecule has 0 radical (unpaired) electrons. The molecular weight excluding hydrogens is 228 g/mol. The summed E-state index contributed by atoms with van der Waals surface area (Å²) in [5, 5.41) is 0. The van der Waals surface area contributed by atoms with Gasteiger partial charge in [-0.3, -0.25) is 9.59 Å². The van der Waals surface area contributed by atoms with E-state index in [1.165, 1.54) is 0 Å². The number of rotatable bonds is 4. The Labute approximate surface area is 106 Å². The predicted octanol–water partition coefficient (Wildman–Crippen LogP) is 2.78. The predicted molar refractivity (Wildman–Crippen MR) is 69.1 cm³/mol. The van der Waals surface area contributed by atoms with Crippen LogP contribution in [0, 0.1) is 0 Å². The Balaban J connectivity index is 2.66. The van der Waals surface area contributed by atoms with Crippen LogP contribution in [0.5, 0.6) is 0 Å². The SMILES string of the molecule is C=CCC1=C(OCC)C(=O)C(=O)c2ccccc21. The van der Waals surface area contributed by atoms with Gasteiger partial charge in [0.25, 0.3) is 5.78 Å². The van der Waals surface area contributed by atoms with Gasteiger partial charge in [0.2, 0.25) is 5.78 Å². The number of carbonyl (C=O) groups is 2. The summed E-state index contributed by atoms with van der Waals surface area (Å²) in [5.74, 6) is -0.893. The maximum absolute atomic E-state index is 12.0. The van der Waals surface area contributed by atoms with Crippen molar-refractivity contribution in [3.8, 4) is 0 Å². The second kappa shape index (κ2) is 5.00. The van der Waals surface area contributed by atoms with Gasteiger partial charge in [0.15, 0.2) is 5.76 Å². The molecule has 1 aromatic rings. The molecule has 0 bridgehead atoms. The molecule has 2 rings (SSSR count). The van der Waals surface area contributed by atoms with Crippen LogP contribution in [0.4, 0.5) is 0 Å². The molecule has 1 aromatic carbocycles. The van der Waals surface area contributed by atoms with E-state index in [1.54, 1.807) is 25.1 Å². The van der Waals surface area contributed by atoms with Crippen molar-refractivity contribution in [3.63, 3.8) is 0 Å². The number of carbonyl (C=O) groups excluding carboxylic acids is 2. The molecule has 0 heterocycles. The van der Waals surface area contributed by atoms with Gasteiger partial charge >= 0.3 is 0 Å². The Morgan fingerprint density at radius 2 is 1.83 bits per heavy atom. The van der Waals surface area contributed by atoms with Crippen LogP contribution in [0.3, 0.4) is 0 Å². The summed E-state index contributed by atoms with van der Waals surface area (Å²) in [4.78, 5) is 24.0. The minimum atomic E-state index is -0.563. The van der Waals surface area contributed by atoms with Crippen LogP contribution >= 0.6 is 0 Å². The van der Waals surface area contributed by atoms with Gasteiger partial charge in [0.05, 0.1) is 6.61 Å². The second-order valence-electron chi connectivity index (χ2n) is 3.94. The smallest absolute Gasteiger partial charge is 0.268 e. The number of allylic oxidation sites excluding steroid dienone is 3. The molecule has 0 atom stereocenters. The monoisotopic (exact) mass is 242 g/mol. The quantitative estimate of drug-likeness (QED) is 0.602. The molecule has 92 valence electrons. The van der Waals surface area contributed by atoms with Gasteiger partial charge in [-0.2, -0.15) is 0 Å². The van der Waals surface area contributed by atoms with Crippen molar-refractivity contribution in [2.75, 3.05) is 6.61 Å². The van der Waals surface area contributed by atoms with Gasteiger partial charge < -0.3 is 4.74 Å². The normalized spacial score (nSPS) is 14.5. The Morgan fingerprint density at radius 3 is 2.44 bits per heavy atom. The molecular formula is C15H14O3. The number of ketones is 2. The first-order valence-electron chi connectivity index (χ1n) is 5.86. The maximum Gasteiger partial charge on any atom is 0.268 e. The van der Waals surface area contributed by atoms with E-state index in [0.717, 1.165) is 11.1 Å². The molecule has 1 aliphatic carbocycles. The summed E-state index contributed by atoms with van der Waals surface area (Å²) in [6.45, 7) is 5.83. The highest BCUT2D eigenvalue weighted by Crippen LogP contribution is 2.32. The van der Waals surface area contributed by atoms with Crippen LogP contribution in [-0.2, 0) is 9.53 Å². The van der Waals surface area contributed by atoms with Crippen molar-refractivity contribution in [3.05, 3.63) is 53.8 Å². The van der Waals surface area contributed by atoms with Crippen molar-refractivity contribution in [1.82, 2.24) is 0 Å². The van der Waals surface area contributed by atoms with E-state index in [9.17, 15) is 9.59 Å². The molecule has 3 heteroatoms. The molecule has 18 heavy (non-hydrogen) atoms. The van der Waals surface area contributed by atoms with Gasteiger partial charge in [0.1, 0.15) is 0 Å².